The molecule has 1 aliphatic heterocycles. The zero-order chi connectivity index (χ0) is 15.9. The number of nitrogens with one attached hydrogen (secondary N) is 2. The van der Waals surface area contributed by atoms with E-state index in [4.69, 9.17) is 5.73 Å². The van der Waals surface area contributed by atoms with Crippen LogP contribution in [0.3, 0.4) is 0 Å². The molecule has 7 heteroatoms. The summed E-state index contributed by atoms with van der Waals surface area (Å²) in [6, 6.07) is 6.57. The van der Waals surface area contributed by atoms with Gasteiger partial charge < -0.3 is 20.9 Å². The smallest absolute Gasteiger partial charge is 0.272 e. The summed E-state index contributed by atoms with van der Waals surface area (Å²) in [6.45, 7) is 0.446. The Kier molecular flexibility index (Phi) is 3.17. The van der Waals surface area contributed by atoms with Crippen LogP contribution < -0.4 is 11.1 Å². The van der Waals surface area contributed by atoms with E-state index in [2.05, 4.69) is 10.3 Å². The van der Waals surface area contributed by atoms with Crippen molar-refractivity contribution in [3.8, 4) is 0 Å². The highest BCUT2D eigenvalue weighted by molar-refractivity contribution is 6.07. The van der Waals surface area contributed by atoms with Gasteiger partial charge in [-0.25, -0.2) is 0 Å². The molecule has 0 atom stereocenters. The summed E-state index contributed by atoms with van der Waals surface area (Å²) >= 11 is 0. The number of aromatic nitrogens is 1. The van der Waals surface area contributed by atoms with E-state index in [1.807, 2.05) is 0 Å². The fourth-order valence-electron chi connectivity index (χ4n) is 2.45. The number of primary amides is 1. The summed E-state index contributed by atoms with van der Waals surface area (Å²) in [7, 11) is 1.71. The first-order chi connectivity index (χ1) is 10.5. The second-order valence-electron chi connectivity index (χ2n) is 5.11. The topological polar surface area (TPSA) is 108 Å². The predicted octanol–water partition coefficient (Wildman–Crippen LogP) is 0.951. The van der Waals surface area contributed by atoms with Crippen LogP contribution in [0.4, 0.5) is 5.69 Å². The largest absolute Gasteiger partial charge is 0.366 e. The van der Waals surface area contributed by atoms with Crippen LogP contribution in [0, 0.1) is 0 Å². The molecule has 2 aromatic rings. The molecule has 1 aromatic carbocycles. The fraction of sp³-hybridized carbons (Fsp3) is 0.133. The van der Waals surface area contributed by atoms with Gasteiger partial charge in [0, 0.05) is 36.6 Å². The van der Waals surface area contributed by atoms with E-state index in [1.54, 1.807) is 30.1 Å². The SMILES string of the molecule is CN1Cc2c(NC(=O)c3cc(C(N)=O)c[nH]3)cccc2C1=O. The molecule has 7 nitrogen and oxygen atoms in total. The molecule has 22 heavy (non-hydrogen) atoms. The molecule has 3 amide bonds. The summed E-state index contributed by atoms with van der Waals surface area (Å²) in [6.07, 6.45) is 1.38. The highest BCUT2D eigenvalue weighted by Crippen LogP contribution is 2.28. The Morgan fingerprint density at radius 2 is 2.14 bits per heavy atom. The average molecular weight is 298 g/mol. The van der Waals surface area contributed by atoms with Crippen molar-refractivity contribution in [1.29, 1.82) is 0 Å². The monoisotopic (exact) mass is 298 g/mol. The number of nitrogens with zero attached hydrogens (tertiary/aromatic N) is 1. The van der Waals surface area contributed by atoms with Gasteiger partial charge in [-0.1, -0.05) is 6.07 Å². The molecule has 0 radical (unpaired) electrons. The van der Waals surface area contributed by atoms with Crippen LogP contribution >= 0.6 is 0 Å². The number of carbonyl (C=O) groups is 3. The van der Waals surface area contributed by atoms with Gasteiger partial charge in [0.05, 0.1) is 5.56 Å². The molecule has 3 rings (SSSR count). The van der Waals surface area contributed by atoms with Gasteiger partial charge >= 0.3 is 0 Å². The molecule has 0 aliphatic carbocycles. The maximum atomic E-state index is 12.2. The van der Waals surface area contributed by atoms with Crippen LogP contribution in [-0.4, -0.2) is 34.7 Å². The number of H-pyrrole nitrogens is 1. The first-order valence-electron chi connectivity index (χ1n) is 6.64. The molecule has 112 valence electrons. The molecular formula is C15H14N4O3. The summed E-state index contributed by atoms with van der Waals surface area (Å²) < 4.78 is 0. The van der Waals surface area contributed by atoms with Gasteiger partial charge in [0.1, 0.15) is 5.69 Å². The molecule has 0 bridgehead atoms. The van der Waals surface area contributed by atoms with Gasteiger partial charge in [0.2, 0.25) is 5.91 Å². The number of nitrogens with two attached hydrogens (primary N) is 1. The van der Waals surface area contributed by atoms with Crippen LogP contribution in [0.5, 0.6) is 0 Å². The summed E-state index contributed by atoms with van der Waals surface area (Å²) in [5.41, 5.74) is 7.56. The first kappa shape index (κ1) is 13.9. The van der Waals surface area contributed by atoms with Gasteiger partial charge in [0.25, 0.3) is 11.8 Å². The Morgan fingerprint density at radius 1 is 1.36 bits per heavy atom. The number of rotatable bonds is 3. The van der Waals surface area contributed by atoms with Crippen LogP contribution in [0.1, 0.15) is 36.8 Å². The van der Waals surface area contributed by atoms with Gasteiger partial charge in [-0.15, -0.1) is 0 Å². The molecular weight excluding hydrogens is 284 g/mol. The van der Waals surface area contributed by atoms with Crippen molar-refractivity contribution in [1.82, 2.24) is 9.88 Å². The third kappa shape index (κ3) is 2.22. The fourth-order valence-corrected chi connectivity index (χ4v) is 2.45. The molecule has 4 N–H and O–H groups in total. The van der Waals surface area contributed by atoms with Gasteiger partial charge in [-0.05, 0) is 18.2 Å². The van der Waals surface area contributed by atoms with Crippen molar-refractivity contribution >= 4 is 23.4 Å². The lowest BCUT2D eigenvalue weighted by molar-refractivity contribution is 0.0816. The van der Waals surface area contributed by atoms with Gasteiger partial charge in [-0.2, -0.15) is 0 Å². The number of anilines is 1. The summed E-state index contributed by atoms with van der Waals surface area (Å²) in [5, 5.41) is 2.75. The number of hydrogen-bond acceptors (Lipinski definition) is 3. The number of aromatic amines is 1. The molecule has 1 aromatic heterocycles. The van der Waals surface area contributed by atoms with Crippen molar-refractivity contribution in [2.24, 2.45) is 5.73 Å². The number of benzene rings is 1. The van der Waals surface area contributed by atoms with E-state index >= 15 is 0 Å². The molecule has 0 unspecified atom stereocenters. The zero-order valence-electron chi connectivity index (χ0n) is 11.8. The number of fused-ring (bicyclic) bond motifs is 1. The average Bonchev–Trinajstić information content (AvgIpc) is 3.07. The predicted molar refractivity (Wildman–Crippen MR) is 79.5 cm³/mol. The van der Waals surface area contributed by atoms with E-state index in [0.717, 1.165) is 5.56 Å². The standard InChI is InChI=1S/C15H14N4O3/c1-19-7-10-9(15(19)22)3-2-4-11(10)18-14(21)12-5-8(6-17-12)13(16)20/h2-6,17H,7H2,1H3,(H2,16,20)(H,18,21). The van der Waals surface area contributed by atoms with E-state index in [1.165, 1.54) is 12.3 Å². The van der Waals surface area contributed by atoms with Crippen molar-refractivity contribution in [3.05, 3.63) is 52.8 Å². The molecule has 0 saturated carbocycles. The lowest BCUT2D eigenvalue weighted by atomic mass is 10.1. The highest BCUT2D eigenvalue weighted by atomic mass is 16.2. The Labute approximate surface area is 126 Å². The number of amides is 3. The summed E-state index contributed by atoms with van der Waals surface area (Å²) in [5.74, 6) is -1.08. The summed E-state index contributed by atoms with van der Waals surface area (Å²) in [4.78, 5) is 39.5. The third-order valence-corrected chi connectivity index (χ3v) is 3.61. The van der Waals surface area contributed by atoms with Crippen molar-refractivity contribution < 1.29 is 14.4 Å². The maximum Gasteiger partial charge on any atom is 0.272 e. The van der Waals surface area contributed by atoms with Crippen molar-refractivity contribution in [2.75, 3.05) is 12.4 Å². The van der Waals surface area contributed by atoms with Crippen LogP contribution in [0.15, 0.2) is 30.5 Å². The highest BCUT2D eigenvalue weighted by Gasteiger charge is 2.27. The Hall–Kier alpha value is -3.09. The third-order valence-electron chi connectivity index (χ3n) is 3.61. The van der Waals surface area contributed by atoms with Crippen LogP contribution in [0.25, 0.3) is 0 Å². The lowest BCUT2D eigenvalue weighted by Gasteiger charge is -2.09. The Balaban J connectivity index is 1.86. The van der Waals surface area contributed by atoms with Crippen molar-refractivity contribution in [2.45, 2.75) is 6.54 Å². The van der Waals surface area contributed by atoms with Gasteiger partial charge in [-0.3, -0.25) is 14.4 Å². The lowest BCUT2D eigenvalue weighted by Crippen LogP contribution is -2.17. The normalized spacial score (nSPS) is 13.1. The molecule has 1 aliphatic rings. The minimum Gasteiger partial charge on any atom is -0.366 e. The van der Waals surface area contributed by atoms with E-state index < -0.39 is 11.8 Å². The molecule has 0 saturated heterocycles. The van der Waals surface area contributed by atoms with Gasteiger partial charge in [0.15, 0.2) is 0 Å². The van der Waals surface area contributed by atoms with Crippen LogP contribution in [-0.2, 0) is 6.54 Å². The molecule has 0 spiro atoms. The molecule has 2 heterocycles. The Morgan fingerprint density at radius 3 is 2.82 bits per heavy atom. The molecule has 0 fully saturated rings. The minimum absolute atomic E-state index is 0.0676. The van der Waals surface area contributed by atoms with Crippen molar-refractivity contribution in [3.63, 3.8) is 0 Å². The van der Waals surface area contributed by atoms with Crippen LogP contribution in [0.2, 0.25) is 0 Å². The first-order valence-corrected chi connectivity index (χ1v) is 6.64. The maximum absolute atomic E-state index is 12.2. The second-order valence-corrected chi connectivity index (χ2v) is 5.11. The van der Waals surface area contributed by atoms with E-state index in [9.17, 15) is 14.4 Å². The quantitative estimate of drug-likeness (QED) is 0.785. The van der Waals surface area contributed by atoms with E-state index in [0.29, 0.717) is 17.8 Å². The Bertz CT molecular complexity index is 794. The zero-order valence-corrected chi connectivity index (χ0v) is 11.8. The second kappa shape index (κ2) is 5.03. The minimum atomic E-state index is -0.608. The number of carbonyl (C=O) groups excluding carboxylic acids is 3. The van der Waals surface area contributed by atoms with E-state index in [-0.39, 0.29) is 17.2 Å². The number of hydrogen-bond donors (Lipinski definition) is 3.